The Morgan fingerprint density at radius 2 is 1.77 bits per heavy atom. The zero-order chi connectivity index (χ0) is 28.6. The summed E-state index contributed by atoms with van der Waals surface area (Å²) >= 11 is 14.2. The Hall–Kier alpha value is -2.01. The maximum absolute atomic E-state index is 12.5. The Balaban J connectivity index is 1.45. The van der Waals surface area contributed by atoms with E-state index in [4.69, 9.17) is 23.2 Å². The van der Waals surface area contributed by atoms with Crippen molar-refractivity contribution < 1.29 is 20.1 Å². The molecule has 1 aromatic heterocycles. The van der Waals surface area contributed by atoms with Crippen LogP contribution >= 0.6 is 34.5 Å². The highest BCUT2D eigenvalue weighted by Crippen LogP contribution is 2.33. The number of benzene rings is 2. The number of rotatable bonds is 12. The predicted molar refractivity (Wildman–Crippen MR) is 162 cm³/mol. The fourth-order valence-electron chi connectivity index (χ4n) is 5.46. The second kappa shape index (κ2) is 14.8. The Bertz CT molecular complexity index is 1240. The van der Waals surface area contributed by atoms with E-state index in [0.717, 1.165) is 55.8 Å². The summed E-state index contributed by atoms with van der Waals surface area (Å²) in [6.45, 7) is 3.45. The van der Waals surface area contributed by atoms with Crippen LogP contribution in [0, 0.1) is 0 Å². The van der Waals surface area contributed by atoms with Crippen LogP contribution in [0.3, 0.4) is 0 Å². The monoisotopic (exact) mass is 605 g/mol. The van der Waals surface area contributed by atoms with Gasteiger partial charge in [-0.05, 0) is 77.0 Å². The first-order valence-electron chi connectivity index (χ1n) is 13.5. The molecule has 0 saturated carbocycles. The first kappa shape index (κ1) is 30.9. The molecular formula is C30H37Cl2N3O4S. The van der Waals surface area contributed by atoms with E-state index in [1.807, 2.05) is 59.3 Å². The highest BCUT2D eigenvalue weighted by molar-refractivity contribution is 7.08. The molecule has 0 unspecified atom stereocenters. The fraction of sp³-hybridized carbons (Fsp3) is 0.433. The van der Waals surface area contributed by atoms with Crippen molar-refractivity contribution in [1.82, 2.24) is 15.1 Å². The number of hydrogen-bond acceptors (Lipinski definition) is 7. The summed E-state index contributed by atoms with van der Waals surface area (Å²) in [5.74, 6) is 0.0203. The minimum absolute atomic E-state index is 0.103. The lowest BCUT2D eigenvalue weighted by Crippen LogP contribution is -2.52. The van der Waals surface area contributed by atoms with Gasteiger partial charge in [-0.2, -0.15) is 11.3 Å². The highest BCUT2D eigenvalue weighted by atomic mass is 35.5. The Morgan fingerprint density at radius 3 is 2.42 bits per heavy atom. The highest BCUT2D eigenvalue weighted by Gasteiger charge is 2.34. The quantitative estimate of drug-likeness (QED) is 0.247. The summed E-state index contributed by atoms with van der Waals surface area (Å²) in [5, 5.41) is 38.2. The number of carbonyl (C=O) groups is 1. The zero-order valence-electron chi connectivity index (χ0n) is 22.5. The number of amides is 1. The van der Waals surface area contributed by atoms with Gasteiger partial charge in [0.15, 0.2) is 0 Å². The largest absolute Gasteiger partial charge is 0.394 e. The predicted octanol–water partition coefficient (Wildman–Crippen LogP) is 4.20. The van der Waals surface area contributed by atoms with Crippen LogP contribution in [0.1, 0.15) is 45.4 Å². The Kier molecular flexibility index (Phi) is 11.4. The second-order valence-corrected chi connectivity index (χ2v) is 11.8. The third-order valence-corrected chi connectivity index (χ3v) is 9.19. The summed E-state index contributed by atoms with van der Waals surface area (Å²) < 4.78 is 0. The van der Waals surface area contributed by atoms with Crippen LogP contribution in [-0.2, 0) is 6.42 Å². The third-order valence-electron chi connectivity index (χ3n) is 7.75. The van der Waals surface area contributed by atoms with Gasteiger partial charge in [0, 0.05) is 38.8 Å². The topological polar surface area (TPSA) is 96.3 Å². The van der Waals surface area contributed by atoms with Crippen LogP contribution in [0.25, 0.3) is 0 Å². The van der Waals surface area contributed by atoms with Gasteiger partial charge in [0.05, 0.1) is 22.7 Å². The van der Waals surface area contributed by atoms with E-state index < -0.39 is 18.8 Å². The fourth-order valence-corrected chi connectivity index (χ4v) is 6.46. The van der Waals surface area contributed by atoms with E-state index in [9.17, 15) is 20.1 Å². The summed E-state index contributed by atoms with van der Waals surface area (Å²) in [7, 11) is 1.64. The van der Waals surface area contributed by atoms with Gasteiger partial charge in [-0.3, -0.25) is 9.69 Å². The number of carbonyl (C=O) groups excluding carboxylic acids is 1. The third kappa shape index (κ3) is 7.63. The van der Waals surface area contributed by atoms with Crippen LogP contribution < -0.4 is 5.32 Å². The molecular weight excluding hydrogens is 569 g/mol. The zero-order valence-corrected chi connectivity index (χ0v) is 24.9. The number of halogens is 2. The summed E-state index contributed by atoms with van der Waals surface area (Å²) in [6, 6.07) is 15.0. The number of nitrogens with one attached hydrogen (secondary N) is 1. The summed E-state index contributed by atoms with van der Waals surface area (Å²) in [6.07, 6.45) is -0.731. The van der Waals surface area contributed by atoms with Gasteiger partial charge in [-0.25, -0.2) is 0 Å². The first-order chi connectivity index (χ1) is 19.3. The van der Waals surface area contributed by atoms with E-state index in [0.29, 0.717) is 22.0 Å². The molecule has 1 amide bonds. The molecule has 2 aromatic carbocycles. The Labute approximate surface area is 250 Å². The average Bonchev–Trinajstić information content (AvgIpc) is 3.51. The van der Waals surface area contributed by atoms with Gasteiger partial charge in [0.2, 0.25) is 0 Å². The molecule has 0 spiro atoms. The van der Waals surface area contributed by atoms with E-state index in [2.05, 4.69) is 15.1 Å². The van der Waals surface area contributed by atoms with E-state index in [-0.39, 0.29) is 17.9 Å². The van der Waals surface area contributed by atoms with Crippen LogP contribution in [0.5, 0.6) is 0 Å². The lowest BCUT2D eigenvalue weighted by Gasteiger charge is -2.42. The number of thiophene rings is 1. The first-order valence-corrected chi connectivity index (χ1v) is 15.2. The van der Waals surface area contributed by atoms with Crippen molar-refractivity contribution in [3.63, 3.8) is 0 Å². The molecule has 7 nitrogen and oxygen atoms in total. The maximum atomic E-state index is 12.5. The van der Waals surface area contributed by atoms with Crippen LogP contribution in [0.2, 0.25) is 10.0 Å². The van der Waals surface area contributed by atoms with E-state index in [1.165, 1.54) is 0 Å². The summed E-state index contributed by atoms with van der Waals surface area (Å²) in [5.41, 5.74) is 3.69. The number of hydrogen-bond donors (Lipinski definition) is 4. The molecule has 4 rings (SSSR count). The molecule has 0 radical (unpaired) electrons. The molecule has 216 valence electrons. The van der Waals surface area contributed by atoms with Crippen molar-refractivity contribution in [1.29, 1.82) is 0 Å². The molecule has 0 bridgehead atoms. The minimum Gasteiger partial charge on any atom is -0.394 e. The minimum atomic E-state index is -1.20. The van der Waals surface area contributed by atoms with Gasteiger partial charge in [-0.15, -0.1) is 0 Å². The van der Waals surface area contributed by atoms with Gasteiger partial charge in [-0.1, -0.05) is 47.5 Å². The smallest absolute Gasteiger partial charge is 0.251 e. The lowest BCUT2D eigenvalue weighted by molar-refractivity contribution is -0.0679. The van der Waals surface area contributed by atoms with Gasteiger partial charge < -0.3 is 25.5 Å². The van der Waals surface area contributed by atoms with Crippen molar-refractivity contribution in [3.05, 3.63) is 91.6 Å². The molecule has 3 aromatic rings. The van der Waals surface area contributed by atoms with Crippen molar-refractivity contribution in [3.8, 4) is 0 Å². The van der Waals surface area contributed by atoms with Crippen LogP contribution in [0.15, 0.2) is 59.3 Å². The molecule has 1 aliphatic rings. The molecule has 4 atom stereocenters. The summed E-state index contributed by atoms with van der Waals surface area (Å²) in [4.78, 5) is 17.1. The van der Waals surface area contributed by atoms with E-state index in [1.54, 1.807) is 18.4 Å². The van der Waals surface area contributed by atoms with Crippen LogP contribution in [-0.4, -0.2) is 89.6 Å². The Morgan fingerprint density at radius 1 is 1.02 bits per heavy atom. The SMILES string of the molecule is CNC(=O)c1ccccc1C[C@@H](CCN1CCN([C@@H](c2ccsc2)[C@H](O)[C@H](O)CO)CC1)c1ccc(Cl)c(Cl)c1. The van der Waals surface area contributed by atoms with Crippen LogP contribution in [0.4, 0.5) is 0 Å². The number of piperazine rings is 1. The van der Waals surface area contributed by atoms with Crippen molar-refractivity contribution >= 4 is 40.4 Å². The molecule has 1 saturated heterocycles. The lowest BCUT2D eigenvalue weighted by atomic mass is 9.87. The standard InChI is InChI=1S/C30H37Cl2N3O4S/c1-33-30(39)24-5-3-2-4-22(24)16-21(20-6-7-25(31)26(32)17-20)8-10-34-11-13-35(14-12-34)28(23-9-15-40-19-23)29(38)27(37)18-36/h2-7,9,15,17,19,21,27-29,36-38H,8,10-14,16,18H2,1H3,(H,33,39)/t21-,27-,28+,29-/m1/s1. The van der Waals surface area contributed by atoms with Gasteiger partial charge >= 0.3 is 0 Å². The normalized spacial score (nSPS) is 17.8. The van der Waals surface area contributed by atoms with Gasteiger partial charge in [0.25, 0.3) is 5.91 Å². The molecule has 40 heavy (non-hydrogen) atoms. The van der Waals surface area contributed by atoms with E-state index >= 15 is 0 Å². The van der Waals surface area contributed by atoms with Crippen molar-refractivity contribution in [2.45, 2.75) is 37.0 Å². The second-order valence-electron chi connectivity index (χ2n) is 10.2. The molecule has 1 fully saturated rings. The molecule has 1 aliphatic heterocycles. The number of aliphatic hydroxyl groups excluding tert-OH is 3. The van der Waals surface area contributed by atoms with Gasteiger partial charge in [0.1, 0.15) is 12.2 Å². The molecule has 4 N–H and O–H groups in total. The average molecular weight is 607 g/mol. The number of nitrogens with zero attached hydrogens (tertiary/aromatic N) is 2. The number of aliphatic hydroxyl groups is 3. The molecule has 0 aliphatic carbocycles. The van der Waals surface area contributed by atoms with Crippen molar-refractivity contribution in [2.75, 3.05) is 46.4 Å². The van der Waals surface area contributed by atoms with Crippen molar-refractivity contribution in [2.24, 2.45) is 0 Å². The maximum Gasteiger partial charge on any atom is 0.251 e. The molecule has 10 heteroatoms. The molecule has 2 heterocycles.